The second kappa shape index (κ2) is 10.0. The summed E-state index contributed by atoms with van der Waals surface area (Å²) in [6, 6.07) is 9.34. The van der Waals surface area contributed by atoms with E-state index in [4.69, 9.17) is 14.2 Å². The Labute approximate surface area is 147 Å². The Morgan fingerprint density at radius 2 is 2.00 bits per heavy atom. The number of hydrogen-bond donors (Lipinski definition) is 2. The topological polar surface area (TPSA) is 94.1 Å². The van der Waals surface area contributed by atoms with Gasteiger partial charge in [-0.2, -0.15) is 0 Å². The van der Waals surface area contributed by atoms with Crippen molar-refractivity contribution >= 4 is 12.1 Å². The molecule has 7 nitrogen and oxygen atoms in total. The van der Waals surface area contributed by atoms with Gasteiger partial charge in [0.25, 0.3) is 0 Å². The molecule has 1 heterocycles. The smallest absolute Gasteiger partial charge is 0.435 e. The molecule has 1 amide bonds. The van der Waals surface area contributed by atoms with Crippen molar-refractivity contribution in [1.29, 1.82) is 0 Å². The summed E-state index contributed by atoms with van der Waals surface area (Å²) in [5.41, 5.74) is 1.06. The second-order valence-corrected chi connectivity index (χ2v) is 5.89. The molecule has 1 aromatic rings. The quantitative estimate of drug-likeness (QED) is 0.517. The molecule has 1 aliphatic heterocycles. The Bertz CT molecular complexity index is 550. The molecule has 1 aliphatic rings. The molecule has 3 atom stereocenters. The van der Waals surface area contributed by atoms with Crippen molar-refractivity contribution in [3.05, 3.63) is 35.9 Å². The highest BCUT2D eigenvalue weighted by molar-refractivity contribution is 5.82. The maximum absolute atomic E-state index is 12.1. The van der Waals surface area contributed by atoms with E-state index in [0.717, 1.165) is 5.56 Å². The highest BCUT2D eigenvalue weighted by Gasteiger charge is 2.42. The van der Waals surface area contributed by atoms with Crippen LogP contribution in [0.5, 0.6) is 0 Å². The largest absolute Gasteiger partial charge is 0.508 e. The molecule has 0 aromatic heterocycles. The molecule has 1 aromatic carbocycles. The summed E-state index contributed by atoms with van der Waals surface area (Å²) in [5, 5.41) is 12.2. The first kappa shape index (κ1) is 19.2. The molecule has 2 rings (SSSR count). The minimum atomic E-state index is -0.766. The summed E-state index contributed by atoms with van der Waals surface area (Å²) < 4.78 is 15.4. The highest BCUT2D eigenvalue weighted by atomic mass is 16.7. The van der Waals surface area contributed by atoms with Crippen LogP contribution in [0.4, 0.5) is 4.79 Å². The van der Waals surface area contributed by atoms with Crippen LogP contribution in [0, 0.1) is 11.8 Å². The molecule has 0 spiro atoms. The molecule has 0 aliphatic carbocycles. The normalized spacial score (nSPS) is 22.5. The molecular weight excluding hydrogens is 326 g/mol. The summed E-state index contributed by atoms with van der Waals surface area (Å²) >= 11 is 0. The number of carbonyl (C=O) groups excluding carboxylic acids is 2. The molecule has 0 saturated carbocycles. The fraction of sp³-hybridized carbons (Fsp3) is 0.556. The van der Waals surface area contributed by atoms with E-state index in [9.17, 15) is 14.7 Å². The van der Waals surface area contributed by atoms with Gasteiger partial charge in [0.15, 0.2) is 0 Å². The minimum absolute atomic E-state index is 0.0200. The molecule has 2 N–H and O–H groups in total. The zero-order chi connectivity index (χ0) is 18.1. The lowest BCUT2D eigenvalue weighted by Crippen LogP contribution is -2.35. The average Bonchev–Trinajstić information content (AvgIpc) is 2.93. The van der Waals surface area contributed by atoms with Crippen LogP contribution in [0.25, 0.3) is 0 Å². The van der Waals surface area contributed by atoms with Crippen LogP contribution in [-0.4, -0.2) is 49.6 Å². The van der Waals surface area contributed by atoms with E-state index < -0.39 is 12.2 Å². The zero-order valence-electron chi connectivity index (χ0n) is 14.3. The molecule has 0 radical (unpaired) electrons. The van der Waals surface area contributed by atoms with Crippen molar-refractivity contribution in [1.82, 2.24) is 5.32 Å². The van der Waals surface area contributed by atoms with Crippen LogP contribution in [0.2, 0.25) is 0 Å². The van der Waals surface area contributed by atoms with E-state index in [-0.39, 0.29) is 37.6 Å². The summed E-state index contributed by atoms with van der Waals surface area (Å²) in [7, 11) is 0. The predicted molar refractivity (Wildman–Crippen MR) is 89.7 cm³/mol. The summed E-state index contributed by atoms with van der Waals surface area (Å²) in [6.45, 7) is 2.60. The lowest BCUT2D eigenvalue weighted by molar-refractivity contribution is -0.124. The number of aliphatic hydroxyl groups excluding tert-OH is 1. The Morgan fingerprint density at radius 3 is 2.68 bits per heavy atom. The number of nitrogens with one attached hydrogen (secondary N) is 1. The number of ether oxygens (including phenoxy) is 3. The van der Waals surface area contributed by atoms with Gasteiger partial charge in [-0.3, -0.25) is 4.79 Å². The molecule has 1 unspecified atom stereocenters. The van der Waals surface area contributed by atoms with Gasteiger partial charge in [-0.1, -0.05) is 30.3 Å². The van der Waals surface area contributed by atoms with Crippen molar-refractivity contribution in [2.45, 2.75) is 26.0 Å². The number of amides is 1. The minimum Gasteiger partial charge on any atom is -0.435 e. The molecule has 1 fully saturated rings. The molecule has 138 valence electrons. The van der Waals surface area contributed by atoms with E-state index in [1.807, 2.05) is 30.3 Å². The monoisotopic (exact) mass is 351 g/mol. The Balaban J connectivity index is 1.82. The first-order chi connectivity index (χ1) is 12.2. The van der Waals surface area contributed by atoms with E-state index in [1.165, 1.54) is 0 Å². The average molecular weight is 351 g/mol. The van der Waals surface area contributed by atoms with Crippen LogP contribution in [-0.2, 0) is 25.6 Å². The Hall–Kier alpha value is -2.12. The lowest BCUT2D eigenvalue weighted by Gasteiger charge is -2.20. The molecule has 1 saturated heterocycles. The van der Waals surface area contributed by atoms with Crippen LogP contribution >= 0.6 is 0 Å². The van der Waals surface area contributed by atoms with E-state index in [1.54, 1.807) is 6.92 Å². The third kappa shape index (κ3) is 5.72. The van der Waals surface area contributed by atoms with Gasteiger partial charge in [0.1, 0.15) is 6.61 Å². The zero-order valence-corrected chi connectivity index (χ0v) is 14.3. The van der Waals surface area contributed by atoms with Crippen LogP contribution in [0.1, 0.15) is 18.9 Å². The summed E-state index contributed by atoms with van der Waals surface area (Å²) in [6.07, 6.45) is -0.274. The maximum Gasteiger partial charge on any atom is 0.508 e. The number of benzene rings is 1. The number of hydrogen-bond acceptors (Lipinski definition) is 6. The molecule has 25 heavy (non-hydrogen) atoms. The second-order valence-electron chi connectivity index (χ2n) is 5.89. The van der Waals surface area contributed by atoms with Crippen LogP contribution in [0.15, 0.2) is 30.3 Å². The van der Waals surface area contributed by atoms with Crippen molar-refractivity contribution < 1.29 is 28.9 Å². The third-order valence-corrected chi connectivity index (χ3v) is 4.24. The third-order valence-electron chi connectivity index (χ3n) is 4.24. The van der Waals surface area contributed by atoms with E-state index >= 15 is 0 Å². The van der Waals surface area contributed by atoms with Gasteiger partial charge in [0.2, 0.25) is 5.91 Å². The molecular formula is C18H25NO6. The number of aliphatic hydroxyl groups is 1. The fourth-order valence-corrected chi connectivity index (χ4v) is 2.93. The standard InChI is InChI=1S/C18H25NO6/c1-2-24-18(22)25-12-15-14(17(21)19-16(15)10-20)8-9-23-11-13-6-4-3-5-7-13/h3-7,14-16,20H,2,8-12H2,1H3,(H,19,21)/t14?,15-,16+/m1/s1. The van der Waals surface area contributed by atoms with Crippen molar-refractivity contribution in [3.8, 4) is 0 Å². The SMILES string of the molecule is CCOC(=O)OC[C@@H]1C(CCOCc2ccccc2)C(=O)N[C@H]1CO. The highest BCUT2D eigenvalue weighted by Crippen LogP contribution is 2.27. The number of carbonyl (C=O) groups is 2. The van der Waals surface area contributed by atoms with E-state index in [0.29, 0.717) is 19.6 Å². The van der Waals surface area contributed by atoms with Gasteiger partial charge in [0, 0.05) is 18.4 Å². The first-order valence-corrected chi connectivity index (χ1v) is 8.48. The van der Waals surface area contributed by atoms with Crippen molar-refractivity contribution in [2.24, 2.45) is 11.8 Å². The van der Waals surface area contributed by atoms with Gasteiger partial charge in [-0.15, -0.1) is 0 Å². The van der Waals surface area contributed by atoms with Gasteiger partial charge in [-0.05, 0) is 18.9 Å². The van der Waals surface area contributed by atoms with Crippen molar-refractivity contribution in [3.63, 3.8) is 0 Å². The lowest BCUT2D eigenvalue weighted by atomic mass is 9.89. The molecule has 7 heteroatoms. The molecule has 0 bridgehead atoms. The number of rotatable bonds is 9. The predicted octanol–water partition coefficient (Wildman–Crippen LogP) is 1.49. The van der Waals surface area contributed by atoms with Gasteiger partial charge < -0.3 is 24.6 Å². The maximum atomic E-state index is 12.1. The summed E-state index contributed by atoms with van der Waals surface area (Å²) in [4.78, 5) is 23.5. The van der Waals surface area contributed by atoms with Gasteiger partial charge >= 0.3 is 6.16 Å². The van der Waals surface area contributed by atoms with Crippen molar-refractivity contribution in [2.75, 3.05) is 26.4 Å². The van der Waals surface area contributed by atoms with E-state index in [2.05, 4.69) is 5.32 Å². The first-order valence-electron chi connectivity index (χ1n) is 8.48. The Kier molecular flexibility index (Phi) is 7.69. The van der Waals surface area contributed by atoms with Crippen LogP contribution < -0.4 is 5.32 Å². The fourth-order valence-electron chi connectivity index (χ4n) is 2.93. The van der Waals surface area contributed by atoms with Crippen LogP contribution in [0.3, 0.4) is 0 Å². The Morgan fingerprint density at radius 1 is 1.24 bits per heavy atom. The van der Waals surface area contributed by atoms with Gasteiger partial charge in [0.05, 0.1) is 25.9 Å². The summed E-state index contributed by atoms with van der Waals surface area (Å²) in [5.74, 6) is -0.829. The van der Waals surface area contributed by atoms with Gasteiger partial charge in [-0.25, -0.2) is 4.79 Å².